The second-order valence-corrected chi connectivity index (χ2v) is 8.27. The van der Waals surface area contributed by atoms with Gasteiger partial charge in [-0.25, -0.2) is 0 Å². The number of halogens is 3. The van der Waals surface area contributed by atoms with Gasteiger partial charge in [-0.3, -0.25) is 9.97 Å². The van der Waals surface area contributed by atoms with Crippen LogP contribution in [0.4, 0.5) is 0 Å². The minimum Gasteiger partial charge on any atom is -0.387 e. The van der Waals surface area contributed by atoms with Crippen molar-refractivity contribution in [2.24, 2.45) is 5.41 Å². The van der Waals surface area contributed by atoms with Gasteiger partial charge < -0.3 is 10.2 Å². The summed E-state index contributed by atoms with van der Waals surface area (Å²) in [4.78, 5) is 7.98. The van der Waals surface area contributed by atoms with Gasteiger partial charge in [-0.15, -0.1) is 11.6 Å². The monoisotopic (exact) mass is 418 g/mol. The van der Waals surface area contributed by atoms with Crippen LogP contribution in [0.5, 0.6) is 0 Å². The molecule has 0 amide bonds. The van der Waals surface area contributed by atoms with Crippen LogP contribution in [0.3, 0.4) is 0 Å². The molecular formula is C19H25Cl3N2O2. The average molecular weight is 420 g/mol. The lowest BCUT2D eigenvalue weighted by molar-refractivity contribution is 0.143. The minimum atomic E-state index is -0.700. The molecule has 0 saturated heterocycles. The summed E-state index contributed by atoms with van der Waals surface area (Å²) in [5, 5.41) is 20.2. The summed E-state index contributed by atoms with van der Waals surface area (Å²) in [6.07, 6.45) is 3.57. The number of hydrogen-bond acceptors (Lipinski definition) is 4. The molecule has 0 aliphatic heterocycles. The molecule has 0 aliphatic carbocycles. The fourth-order valence-corrected chi connectivity index (χ4v) is 2.35. The van der Waals surface area contributed by atoms with Gasteiger partial charge in [0.25, 0.3) is 0 Å². The molecule has 7 heteroatoms. The molecule has 0 aromatic carbocycles. The van der Waals surface area contributed by atoms with Gasteiger partial charge in [-0.2, -0.15) is 0 Å². The third-order valence-corrected chi connectivity index (χ3v) is 4.24. The van der Waals surface area contributed by atoms with E-state index in [9.17, 15) is 10.2 Å². The highest BCUT2D eigenvalue weighted by Crippen LogP contribution is 2.26. The zero-order chi connectivity index (χ0) is 19.7. The lowest BCUT2D eigenvalue weighted by Gasteiger charge is -2.20. The quantitative estimate of drug-likeness (QED) is 0.619. The Hall–Kier alpha value is -0.910. The fourth-order valence-electron chi connectivity index (χ4n) is 1.97. The number of rotatable bonds is 5. The number of nitrogens with zero attached hydrogens (tertiary/aromatic N) is 2. The van der Waals surface area contributed by atoms with Gasteiger partial charge >= 0.3 is 0 Å². The molecule has 26 heavy (non-hydrogen) atoms. The molecule has 0 aliphatic rings. The zero-order valence-electron chi connectivity index (χ0n) is 15.2. The van der Waals surface area contributed by atoms with Crippen LogP contribution >= 0.6 is 34.8 Å². The largest absolute Gasteiger partial charge is 0.387 e. The zero-order valence-corrected chi connectivity index (χ0v) is 17.4. The summed E-state index contributed by atoms with van der Waals surface area (Å²) >= 11 is 16.7. The second-order valence-electron chi connectivity index (χ2n) is 7.09. The number of hydrogen-bond donors (Lipinski definition) is 2. The summed E-state index contributed by atoms with van der Waals surface area (Å²) in [6, 6.07) is 6.84. The normalized spacial score (nSPS) is 13.5. The van der Waals surface area contributed by atoms with Gasteiger partial charge in [0, 0.05) is 12.4 Å². The molecule has 2 aromatic heterocycles. The molecule has 144 valence electrons. The minimum absolute atomic E-state index is 0.147. The van der Waals surface area contributed by atoms with Crippen LogP contribution < -0.4 is 0 Å². The van der Waals surface area contributed by atoms with Gasteiger partial charge in [0.15, 0.2) is 0 Å². The van der Waals surface area contributed by atoms with Crippen molar-refractivity contribution < 1.29 is 10.2 Å². The van der Waals surface area contributed by atoms with Crippen LogP contribution in [0, 0.1) is 5.41 Å². The standard InChI is InChI=1S/C12H18ClNO.C7H7Cl2NO/c1-12(2,3)7-6-11(15)10-5-4-9(13)8-14-10;8-3-7(11)6-2-1-5(9)4-10-6/h4-5,8,11,15H,6-7H2,1-3H3;1-2,4,7,11H,3H2/t11-;7-/m00/s1. The third kappa shape index (κ3) is 9.15. The Morgan fingerprint density at radius 1 is 0.885 bits per heavy atom. The smallest absolute Gasteiger partial charge is 0.109 e. The Bertz CT molecular complexity index is 643. The van der Waals surface area contributed by atoms with E-state index in [4.69, 9.17) is 34.8 Å². The first-order valence-corrected chi connectivity index (χ1v) is 9.56. The lowest BCUT2D eigenvalue weighted by atomic mass is 9.89. The van der Waals surface area contributed by atoms with Gasteiger partial charge in [0.05, 0.1) is 33.4 Å². The van der Waals surface area contributed by atoms with Crippen molar-refractivity contribution in [2.75, 3.05) is 5.88 Å². The number of alkyl halides is 1. The van der Waals surface area contributed by atoms with E-state index in [0.29, 0.717) is 21.4 Å². The van der Waals surface area contributed by atoms with Crippen LogP contribution in [-0.2, 0) is 0 Å². The number of aliphatic hydroxyl groups excluding tert-OH is 2. The van der Waals surface area contributed by atoms with Crippen LogP contribution in [-0.4, -0.2) is 26.1 Å². The Morgan fingerprint density at radius 3 is 1.69 bits per heavy atom. The Kier molecular flexibility index (Phi) is 9.83. The summed E-state index contributed by atoms with van der Waals surface area (Å²) in [6.45, 7) is 6.49. The number of pyridine rings is 2. The summed E-state index contributed by atoms with van der Waals surface area (Å²) < 4.78 is 0. The molecule has 4 nitrogen and oxygen atoms in total. The van der Waals surface area contributed by atoms with Gasteiger partial charge in [-0.05, 0) is 42.5 Å². The third-order valence-electron chi connectivity index (χ3n) is 3.50. The van der Waals surface area contributed by atoms with Crippen LogP contribution in [0.1, 0.15) is 57.2 Å². The van der Waals surface area contributed by atoms with E-state index in [2.05, 4.69) is 30.7 Å². The lowest BCUT2D eigenvalue weighted by Crippen LogP contribution is -2.08. The molecule has 0 fully saturated rings. The summed E-state index contributed by atoms with van der Waals surface area (Å²) in [5.74, 6) is 0.147. The van der Waals surface area contributed by atoms with Crippen molar-refractivity contribution >= 4 is 34.8 Å². The van der Waals surface area contributed by atoms with E-state index < -0.39 is 12.2 Å². The van der Waals surface area contributed by atoms with Crippen molar-refractivity contribution in [3.63, 3.8) is 0 Å². The van der Waals surface area contributed by atoms with E-state index in [1.165, 1.54) is 6.20 Å². The first-order chi connectivity index (χ1) is 12.1. The maximum atomic E-state index is 9.87. The SMILES string of the molecule is CC(C)(C)CC[C@H](O)c1ccc(Cl)cn1.O[C@@H](CCl)c1ccc(Cl)cn1. The van der Waals surface area contributed by atoms with E-state index >= 15 is 0 Å². The van der Waals surface area contributed by atoms with Crippen molar-refractivity contribution in [2.45, 2.75) is 45.8 Å². The fraction of sp³-hybridized carbons (Fsp3) is 0.474. The first-order valence-electron chi connectivity index (χ1n) is 8.27. The van der Waals surface area contributed by atoms with Crippen LogP contribution in [0.15, 0.2) is 36.7 Å². The summed E-state index contributed by atoms with van der Waals surface area (Å²) in [5.41, 5.74) is 1.49. The molecule has 2 N–H and O–H groups in total. The highest BCUT2D eigenvalue weighted by molar-refractivity contribution is 6.30. The number of aromatic nitrogens is 2. The van der Waals surface area contributed by atoms with Gasteiger partial charge in [-0.1, -0.05) is 44.0 Å². The number of aliphatic hydroxyl groups is 2. The maximum absolute atomic E-state index is 9.87. The predicted molar refractivity (Wildman–Crippen MR) is 108 cm³/mol. The highest BCUT2D eigenvalue weighted by atomic mass is 35.5. The topological polar surface area (TPSA) is 66.2 Å². The summed E-state index contributed by atoms with van der Waals surface area (Å²) in [7, 11) is 0. The Morgan fingerprint density at radius 2 is 1.35 bits per heavy atom. The maximum Gasteiger partial charge on any atom is 0.109 e. The first kappa shape index (κ1) is 23.1. The van der Waals surface area contributed by atoms with E-state index in [0.717, 1.165) is 12.8 Å². The Balaban J connectivity index is 0.000000273. The van der Waals surface area contributed by atoms with Crippen molar-refractivity contribution in [3.8, 4) is 0 Å². The molecule has 2 atom stereocenters. The predicted octanol–water partition coefficient (Wildman–Crippen LogP) is 5.60. The van der Waals surface area contributed by atoms with Crippen LogP contribution in [0.25, 0.3) is 0 Å². The van der Waals surface area contributed by atoms with E-state index in [1.807, 2.05) is 0 Å². The molecule has 2 aromatic rings. The van der Waals surface area contributed by atoms with Crippen molar-refractivity contribution in [3.05, 3.63) is 58.1 Å². The van der Waals surface area contributed by atoms with Crippen LogP contribution in [0.2, 0.25) is 10.0 Å². The van der Waals surface area contributed by atoms with Gasteiger partial charge in [0.2, 0.25) is 0 Å². The molecule has 2 rings (SSSR count). The van der Waals surface area contributed by atoms with Crippen molar-refractivity contribution in [1.82, 2.24) is 9.97 Å². The second kappa shape index (κ2) is 11.1. The Labute approximate surface area is 170 Å². The van der Waals surface area contributed by atoms with Gasteiger partial charge in [0.1, 0.15) is 6.10 Å². The molecule has 0 unspecified atom stereocenters. The molecule has 2 heterocycles. The molecule has 0 radical (unpaired) electrons. The van der Waals surface area contributed by atoms with Crippen molar-refractivity contribution in [1.29, 1.82) is 0 Å². The molecular weight excluding hydrogens is 395 g/mol. The molecule has 0 bridgehead atoms. The van der Waals surface area contributed by atoms with E-state index in [-0.39, 0.29) is 11.3 Å². The molecule has 0 saturated carbocycles. The highest BCUT2D eigenvalue weighted by Gasteiger charge is 2.15. The molecule has 0 spiro atoms. The average Bonchev–Trinajstić information content (AvgIpc) is 2.60. The van der Waals surface area contributed by atoms with E-state index in [1.54, 1.807) is 30.5 Å².